The van der Waals surface area contributed by atoms with Gasteiger partial charge in [-0.2, -0.15) is 4.31 Å². The second-order valence-corrected chi connectivity index (χ2v) is 11.1. The maximum atomic E-state index is 12.6. The van der Waals surface area contributed by atoms with Gasteiger partial charge in [0, 0.05) is 48.7 Å². The van der Waals surface area contributed by atoms with Gasteiger partial charge in [-0.25, -0.2) is 13.4 Å². The number of sulfonamides is 1. The lowest BCUT2D eigenvalue weighted by atomic mass is 10.2. The molecule has 2 aliphatic heterocycles. The molecule has 0 N–H and O–H groups in total. The number of nitrogens with zero attached hydrogens (tertiary/aromatic N) is 6. The summed E-state index contributed by atoms with van der Waals surface area (Å²) in [6.07, 6.45) is 6.86. The van der Waals surface area contributed by atoms with Gasteiger partial charge in [-0.3, -0.25) is 9.55 Å². The smallest absolute Gasteiger partial charge is 0.244 e. The van der Waals surface area contributed by atoms with E-state index in [9.17, 15) is 8.42 Å². The highest BCUT2D eigenvalue weighted by Gasteiger charge is 2.29. The minimum absolute atomic E-state index is 0.231. The summed E-state index contributed by atoms with van der Waals surface area (Å²) >= 11 is 3.31. The normalized spacial score (nSPS) is 19.3. The summed E-state index contributed by atoms with van der Waals surface area (Å²) in [7, 11) is -3.42. The van der Waals surface area contributed by atoms with Crippen molar-refractivity contribution in [2.45, 2.75) is 34.0 Å². The van der Waals surface area contributed by atoms with Crippen molar-refractivity contribution in [3.8, 4) is 11.4 Å². The van der Waals surface area contributed by atoms with Crippen LogP contribution in [0.4, 0.5) is 0 Å². The fraction of sp³-hybridized carbons (Fsp3) is 0.368. The average molecular weight is 461 g/mol. The van der Waals surface area contributed by atoms with Crippen molar-refractivity contribution in [2.24, 2.45) is 0 Å². The average Bonchev–Trinajstić information content (AvgIpc) is 3.52. The Bertz CT molecular complexity index is 1130. The molecule has 0 bridgehead atoms. The minimum atomic E-state index is -3.42. The Morgan fingerprint density at radius 1 is 1.13 bits per heavy atom. The van der Waals surface area contributed by atoms with Gasteiger partial charge in [0.05, 0.1) is 11.1 Å². The molecule has 2 aliphatic rings. The van der Waals surface area contributed by atoms with Gasteiger partial charge in [0.2, 0.25) is 10.0 Å². The summed E-state index contributed by atoms with van der Waals surface area (Å²) in [6, 6.07) is 7.57. The number of pyridine rings is 2. The Labute approximate surface area is 183 Å². The summed E-state index contributed by atoms with van der Waals surface area (Å²) in [5, 5.41) is 10.4. The van der Waals surface area contributed by atoms with Gasteiger partial charge in [0.1, 0.15) is 4.90 Å². The van der Waals surface area contributed by atoms with E-state index >= 15 is 0 Å². The van der Waals surface area contributed by atoms with Crippen molar-refractivity contribution in [3.63, 3.8) is 0 Å². The van der Waals surface area contributed by atoms with Crippen molar-refractivity contribution in [3.05, 3.63) is 42.9 Å². The molecule has 1 saturated heterocycles. The molecule has 0 saturated carbocycles. The van der Waals surface area contributed by atoms with Crippen molar-refractivity contribution in [1.29, 1.82) is 0 Å². The first-order valence-electron chi connectivity index (χ1n) is 9.70. The van der Waals surface area contributed by atoms with Gasteiger partial charge in [-0.1, -0.05) is 11.8 Å². The largest absolute Gasteiger partial charge is 0.297 e. The molecule has 0 radical (unpaired) electrons. The van der Waals surface area contributed by atoms with Crippen LogP contribution in [0.2, 0.25) is 0 Å². The Kier molecular flexibility index (Phi) is 5.52. The standard InChI is InChI=1S/C19H20N6O2S3/c26-30(27,24-8-1-2-9-24)16-5-6-17(21-11-16)28-12-15-13-29-19-23-22-18(25(15)19)14-4-3-7-20-10-14/h3-7,10-11,15H,1-2,8-9,12-13H2. The van der Waals surface area contributed by atoms with E-state index in [1.807, 2.05) is 12.1 Å². The summed E-state index contributed by atoms with van der Waals surface area (Å²) < 4.78 is 29.0. The van der Waals surface area contributed by atoms with Gasteiger partial charge in [0.15, 0.2) is 11.0 Å². The van der Waals surface area contributed by atoms with Gasteiger partial charge in [-0.15, -0.1) is 22.0 Å². The highest BCUT2D eigenvalue weighted by atomic mass is 32.2. The van der Waals surface area contributed by atoms with Crippen LogP contribution in [0.1, 0.15) is 18.9 Å². The Balaban J connectivity index is 1.29. The van der Waals surface area contributed by atoms with E-state index in [1.54, 1.807) is 52.4 Å². The fourth-order valence-electron chi connectivity index (χ4n) is 3.63. The van der Waals surface area contributed by atoms with E-state index in [-0.39, 0.29) is 10.9 Å². The van der Waals surface area contributed by atoms with Crippen LogP contribution in [0.3, 0.4) is 0 Å². The molecule has 1 atom stereocenters. The molecule has 0 aliphatic carbocycles. The molecule has 0 aromatic carbocycles. The zero-order valence-corrected chi connectivity index (χ0v) is 18.5. The summed E-state index contributed by atoms with van der Waals surface area (Å²) in [5.41, 5.74) is 0.948. The third-order valence-electron chi connectivity index (χ3n) is 5.19. The lowest BCUT2D eigenvalue weighted by Gasteiger charge is -2.16. The van der Waals surface area contributed by atoms with E-state index in [0.717, 1.165) is 45.9 Å². The molecule has 0 amide bonds. The van der Waals surface area contributed by atoms with E-state index in [2.05, 4.69) is 24.7 Å². The van der Waals surface area contributed by atoms with E-state index in [4.69, 9.17) is 0 Å². The maximum Gasteiger partial charge on any atom is 0.244 e. The number of hydrogen-bond donors (Lipinski definition) is 0. The second kappa shape index (κ2) is 8.29. The SMILES string of the molecule is O=S(=O)(c1ccc(SCC2CSc3nnc(-c4cccnc4)n32)nc1)N1CCCC1. The highest BCUT2D eigenvalue weighted by Crippen LogP contribution is 2.38. The van der Waals surface area contributed by atoms with E-state index < -0.39 is 10.0 Å². The van der Waals surface area contributed by atoms with Gasteiger partial charge in [0.25, 0.3) is 0 Å². The molecule has 5 heterocycles. The van der Waals surface area contributed by atoms with Crippen molar-refractivity contribution >= 4 is 33.5 Å². The minimum Gasteiger partial charge on any atom is -0.297 e. The zero-order valence-electron chi connectivity index (χ0n) is 16.1. The van der Waals surface area contributed by atoms with Crippen LogP contribution in [-0.4, -0.2) is 62.1 Å². The van der Waals surface area contributed by atoms with Crippen LogP contribution in [0.25, 0.3) is 11.4 Å². The number of hydrogen-bond acceptors (Lipinski definition) is 8. The Hall–Kier alpha value is -1.95. The monoisotopic (exact) mass is 460 g/mol. The second-order valence-electron chi connectivity index (χ2n) is 7.14. The highest BCUT2D eigenvalue weighted by molar-refractivity contribution is 8.00. The molecule has 0 spiro atoms. The third-order valence-corrected chi connectivity index (χ3v) is 9.25. The Morgan fingerprint density at radius 3 is 2.73 bits per heavy atom. The number of thioether (sulfide) groups is 2. The summed E-state index contributed by atoms with van der Waals surface area (Å²) in [5.74, 6) is 2.55. The molecule has 11 heteroatoms. The van der Waals surface area contributed by atoms with E-state index in [1.165, 1.54) is 6.20 Å². The quantitative estimate of drug-likeness (QED) is 0.518. The summed E-state index contributed by atoms with van der Waals surface area (Å²) in [6.45, 7) is 1.19. The van der Waals surface area contributed by atoms with Crippen LogP contribution < -0.4 is 0 Å². The molecule has 30 heavy (non-hydrogen) atoms. The van der Waals surface area contributed by atoms with Gasteiger partial charge in [-0.05, 0) is 37.1 Å². The molecule has 5 rings (SSSR count). The van der Waals surface area contributed by atoms with Gasteiger partial charge < -0.3 is 0 Å². The van der Waals surface area contributed by atoms with Crippen LogP contribution in [0, 0.1) is 0 Å². The number of rotatable bonds is 6. The lowest BCUT2D eigenvalue weighted by Crippen LogP contribution is -2.27. The molecule has 8 nitrogen and oxygen atoms in total. The molecule has 156 valence electrons. The predicted molar refractivity (Wildman–Crippen MR) is 116 cm³/mol. The summed E-state index contributed by atoms with van der Waals surface area (Å²) in [4.78, 5) is 8.86. The molecule has 3 aromatic heterocycles. The van der Waals surface area contributed by atoms with Crippen LogP contribution in [0.5, 0.6) is 0 Å². The predicted octanol–water partition coefficient (Wildman–Crippen LogP) is 2.96. The third kappa shape index (κ3) is 3.75. The molecule has 1 fully saturated rings. The first-order valence-corrected chi connectivity index (χ1v) is 13.1. The number of fused-ring (bicyclic) bond motifs is 1. The molecular formula is C19H20N6O2S3. The van der Waals surface area contributed by atoms with Gasteiger partial charge >= 0.3 is 0 Å². The molecule has 1 unspecified atom stereocenters. The first-order chi connectivity index (χ1) is 14.6. The fourth-order valence-corrected chi connectivity index (χ4v) is 7.24. The van der Waals surface area contributed by atoms with Crippen LogP contribution in [-0.2, 0) is 10.0 Å². The lowest BCUT2D eigenvalue weighted by molar-refractivity contribution is 0.477. The van der Waals surface area contributed by atoms with Crippen molar-refractivity contribution in [1.82, 2.24) is 29.0 Å². The van der Waals surface area contributed by atoms with Crippen LogP contribution in [0.15, 0.2) is 57.9 Å². The van der Waals surface area contributed by atoms with Crippen molar-refractivity contribution < 1.29 is 8.42 Å². The topological polar surface area (TPSA) is 93.9 Å². The Morgan fingerprint density at radius 2 is 2.00 bits per heavy atom. The number of aromatic nitrogens is 5. The zero-order chi connectivity index (χ0) is 20.6. The first kappa shape index (κ1) is 20.0. The van der Waals surface area contributed by atoms with Crippen molar-refractivity contribution in [2.75, 3.05) is 24.6 Å². The molecular weight excluding hydrogens is 440 g/mol. The maximum absolute atomic E-state index is 12.6. The molecule has 3 aromatic rings. The van der Waals surface area contributed by atoms with E-state index in [0.29, 0.717) is 13.1 Å². The van der Waals surface area contributed by atoms with Crippen LogP contribution >= 0.6 is 23.5 Å².